The number of rotatable bonds is 2. The van der Waals surface area contributed by atoms with Crippen molar-refractivity contribution in [2.24, 2.45) is 11.7 Å². The smallest absolute Gasteiger partial charge is 0.0701 e. The van der Waals surface area contributed by atoms with E-state index >= 15 is 0 Å². The highest BCUT2D eigenvalue weighted by Crippen LogP contribution is 2.39. The molecule has 0 amide bonds. The van der Waals surface area contributed by atoms with Crippen LogP contribution in [0.5, 0.6) is 0 Å². The van der Waals surface area contributed by atoms with Gasteiger partial charge in [-0.05, 0) is 46.8 Å². The maximum atomic E-state index is 6.10. The topological polar surface area (TPSA) is 26.0 Å². The van der Waals surface area contributed by atoms with E-state index in [1.165, 1.54) is 27.9 Å². The van der Waals surface area contributed by atoms with Gasteiger partial charge in [0, 0.05) is 10.9 Å². The maximum absolute atomic E-state index is 6.10. The molecule has 2 rings (SSSR count). The van der Waals surface area contributed by atoms with E-state index in [1.807, 2.05) is 0 Å². The van der Waals surface area contributed by atoms with Crippen molar-refractivity contribution in [1.82, 2.24) is 0 Å². The van der Waals surface area contributed by atoms with Crippen molar-refractivity contribution in [3.05, 3.63) is 20.8 Å². The highest BCUT2D eigenvalue weighted by atomic mass is 79.9. The molecule has 2 N–H and O–H groups in total. The number of thiophene rings is 1. The number of hydrogen-bond donors (Lipinski definition) is 1. The van der Waals surface area contributed by atoms with Gasteiger partial charge in [-0.2, -0.15) is 0 Å². The highest BCUT2D eigenvalue weighted by molar-refractivity contribution is 9.11. The van der Waals surface area contributed by atoms with Gasteiger partial charge in [0.2, 0.25) is 0 Å². The summed E-state index contributed by atoms with van der Waals surface area (Å²) in [5.41, 5.74) is 6.10. The predicted molar refractivity (Wildman–Crippen MR) is 56.3 cm³/mol. The molecular formula is C9H12BrNS. The highest BCUT2D eigenvalue weighted by Gasteiger charge is 2.26. The van der Waals surface area contributed by atoms with Gasteiger partial charge in [-0.1, -0.05) is 6.42 Å². The molecule has 1 aromatic rings. The standard InChI is InChI=1S/C9H12BrNS/c10-8-5-4-7(12-8)9(11)6-2-1-3-6/h4-6,9H,1-3,11H2. The van der Waals surface area contributed by atoms with Crippen molar-refractivity contribution >= 4 is 27.3 Å². The van der Waals surface area contributed by atoms with E-state index in [9.17, 15) is 0 Å². The van der Waals surface area contributed by atoms with Crippen LogP contribution in [0.3, 0.4) is 0 Å². The van der Waals surface area contributed by atoms with Gasteiger partial charge < -0.3 is 5.73 Å². The molecule has 1 aliphatic carbocycles. The lowest BCUT2D eigenvalue weighted by Gasteiger charge is -2.30. The molecule has 12 heavy (non-hydrogen) atoms. The Labute approximate surface area is 85.1 Å². The zero-order valence-corrected chi connectivity index (χ0v) is 9.20. The Morgan fingerprint density at radius 1 is 1.50 bits per heavy atom. The van der Waals surface area contributed by atoms with E-state index < -0.39 is 0 Å². The zero-order chi connectivity index (χ0) is 8.55. The minimum atomic E-state index is 0.287. The summed E-state index contributed by atoms with van der Waals surface area (Å²) in [7, 11) is 0. The Bertz CT molecular complexity index is 267. The summed E-state index contributed by atoms with van der Waals surface area (Å²) in [6.07, 6.45) is 4.00. The maximum Gasteiger partial charge on any atom is 0.0701 e. The molecule has 1 nitrogen and oxygen atoms in total. The molecule has 1 aliphatic rings. The summed E-state index contributed by atoms with van der Waals surface area (Å²) in [6, 6.07) is 4.51. The molecule has 1 saturated carbocycles. The van der Waals surface area contributed by atoms with Crippen molar-refractivity contribution in [3.63, 3.8) is 0 Å². The molecule has 0 aliphatic heterocycles. The van der Waals surface area contributed by atoms with E-state index in [0.717, 1.165) is 5.92 Å². The van der Waals surface area contributed by atoms with Crippen LogP contribution in [-0.2, 0) is 0 Å². The van der Waals surface area contributed by atoms with Crippen LogP contribution in [-0.4, -0.2) is 0 Å². The Kier molecular flexibility index (Phi) is 2.53. The third-order valence-electron chi connectivity index (χ3n) is 2.58. The van der Waals surface area contributed by atoms with Gasteiger partial charge in [0.1, 0.15) is 0 Å². The van der Waals surface area contributed by atoms with Crippen LogP contribution in [0.2, 0.25) is 0 Å². The quantitative estimate of drug-likeness (QED) is 0.851. The normalized spacial score (nSPS) is 20.5. The van der Waals surface area contributed by atoms with Crippen LogP contribution < -0.4 is 5.73 Å². The van der Waals surface area contributed by atoms with Gasteiger partial charge in [0.15, 0.2) is 0 Å². The van der Waals surface area contributed by atoms with Gasteiger partial charge in [-0.3, -0.25) is 0 Å². The van der Waals surface area contributed by atoms with Gasteiger partial charge in [0.25, 0.3) is 0 Å². The average molecular weight is 246 g/mol. The lowest BCUT2D eigenvalue weighted by atomic mass is 9.79. The van der Waals surface area contributed by atoms with E-state index in [2.05, 4.69) is 28.1 Å². The molecule has 0 radical (unpaired) electrons. The van der Waals surface area contributed by atoms with Crippen molar-refractivity contribution in [2.45, 2.75) is 25.3 Å². The third-order valence-corrected chi connectivity index (χ3v) is 4.31. The minimum absolute atomic E-state index is 0.287. The van der Waals surface area contributed by atoms with Crippen LogP contribution in [0.15, 0.2) is 15.9 Å². The van der Waals surface area contributed by atoms with E-state index in [0.29, 0.717) is 0 Å². The van der Waals surface area contributed by atoms with Gasteiger partial charge >= 0.3 is 0 Å². The fourth-order valence-electron chi connectivity index (χ4n) is 1.54. The van der Waals surface area contributed by atoms with Crippen LogP contribution in [0.4, 0.5) is 0 Å². The second-order valence-electron chi connectivity index (χ2n) is 3.36. The van der Waals surface area contributed by atoms with Crippen LogP contribution in [0.1, 0.15) is 30.2 Å². The van der Waals surface area contributed by atoms with E-state index in [-0.39, 0.29) is 6.04 Å². The Hall–Kier alpha value is 0.140. The molecule has 0 saturated heterocycles. The monoisotopic (exact) mass is 245 g/mol. The van der Waals surface area contributed by atoms with Crippen molar-refractivity contribution in [3.8, 4) is 0 Å². The number of halogens is 1. The van der Waals surface area contributed by atoms with Gasteiger partial charge in [-0.25, -0.2) is 0 Å². The molecule has 1 unspecified atom stereocenters. The first-order valence-corrected chi connectivity index (χ1v) is 5.89. The third kappa shape index (κ3) is 1.58. The number of nitrogens with two attached hydrogens (primary N) is 1. The molecule has 3 heteroatoms. The molecule has 0 bridgehead atoms. The fourth-order valence-corrected chi connectivity index (χ4v) is 3.06. The van der Waals surface area contributed by atoms with Gasteiger partial charge in [0.05, 0.1) is 3.79 Å². The summed E-state index contributed by atoms with van der Waals surface area (Å²) in [5.74, 6) is 0.746. The molecule has 66 valence electrons. The first-order valence-electron chi connectivity index (χ1n) is 4.28. The summed E-state index contributed by atoms with van der Waals surface area (Å²) < 4.78 is 1.19. The summed E-state index contributed by atoms with van der Waals surface area (Å²) in [4.78, 5) is 1.33. The summed E-state index contributed by atoms with van der Waals surface area (Å²) in [6.45, 7) is 0. The van der Waals surface area contributed by atoms with Gasteiger partial charge in [-0.15, -0.1) is 11.3 Å². The van der Waals surface area contributed by atoms with E-state index in [4.69, 9.17) is 5.73 Å². The Morgan fingerprint density at radius 3 is 2.67 bits per heavy atom. The van der Waals surface area contributed by atoms with Crippen LogP contribution in [0, 0.1) is 5.92 Å². The second kappa shape index (κ2) is 3.48. The van der Waals surface area contributed by atoms with E-state index in [1.54, 1.807) is 11.3 Å². The zero-order valence-electron chi connectivity index (χ0n) is 6.79. The lowest BCUT2D eigenvalue weighted by Crippen LogP contribution is -2.25. The first kappa shape index (κ1) is 8.73. The Morgan fingerprint density at radius 2 is 2.25 bits per heavy atom. The summed E-state index contributed by atoms with van der Waals surface area (Å²) >= 11 is 5.22. The second-order valence-corrected chi connectivity index (χ2v) is 5.85. The molecule has 1 fully saturated rings. The van der Waals surface area contributed by atoms with Crippen molar-refractivity contribution < 1.29 is 0 Å². The predicted octanol–water partition coefficient (Wildman–Crippen LogP) is 3.31. The minimum Gasteiger partial charge on any atom is -0.323 e. The summed E-state index contributed by atoms with van der Waals surface area (Å²) in [5, 5.41) is 0. The SMILES string of the molecule is NC(c1ccc(Br)s1)C1CCC1. The fraction of sp³-hybridized carbons (Fsp3) is 0.556. The molecule has 1 heterocycles. The van der Waals surface area contributed by atoms with Crippen LogP contribution in [0.25, 0.3) is 0 Å². The van der Waals surface area contributed by atoms with Crippen LogP contribution >= 0.6 is 27.3 Å². The molecule has 1 atom stereocenters. The van der Waals surface area contributed by atoms with Crippen molar-refractivity contribution in [1.29, 1.82) is 0 Å². The molecular weight excluding hydrogens is 234 g/mol. The number of hydrogen-bond acceptors (Lipinski definition) is 2. The lowest BCUT2D eigenvalue weighted by molar-refractivity contribution is 0.267. The molecule has 1 aromatic heterocycles. The largest absolute Gasteiger partial charge is 0.323 e. The Balaban J connectivity index is 2.08. The first-order chi connectivity index (χ1) is 5.77. The average Bonchev–Trinajstić information content (AvgIpc) is 2.31. The molecule has 0 aromatic carbocycles. The van der Waals surface area contributed by atoms with Crippen molar-refractivity contribution in [2.75, 3.05) is 0 Å². The molecule has 0 spiro atoms.